The minimum atomic E-state index is -0.810. The van der Waals surface area contributed by atoms with Crippen molar-refractivity contribution in [2.24, 2.45) is 5.73 Å². The van der Waals surface area contributed by atoms with Gasteiger partial charge in [-0.25, -0.2) is 4.98 Å². The van der Waals surface area contributed by atoms with Crippen molar-refractivity contribution in [2.45, 2.75) is 25.1 Å². The van der Waals surface area contributed by atoms with Gasteiger partial charge >= 0.3 is 0 Å². The third-order valence-electron chi connectivity index (χ3n) is 4.44. The highest BCUT2D eigenvalue weighted by Gasteiger charge is 2.21. The maximum atomic E-state index is 12.7. The van der Waals surface area contributed by atoms with E-state index < -0.39 is 17.5 Å². The average Bonchev–Trinajstić information content (AvgIpc) is 2.79. The number of nitrogens with two attached hydrogens (primary N) is 1. The fourth-order valence-electron chi connectivity index (χ4n) is 2.85. The second-order valence-corrected chi connectivity index (χ2v) is 7.81. The van der Waals surface area contributed by atoms with Gasteiger partial charge in [0, 0.05) is 18.1 Å². The molecule has 1 aromatic carbocycles. The van der Waals surface area contributed by atoms with E-state index in [-0.39, 0.29) is 36.2 Å². The predicted molar refractivity (Wildman–Crippen MR) is 125 cm³/mol. The van der Waals surface area contributed by atoms with E-state index in [1.54, 1.807) is 6.92 Å². The molecule has 0 fully saturated rings. The lowest BCUT2D eigenvalue weighted by molar-refractivity contribution is -0.127. The van der Waals surface area contributed by atoms with Crippen LogP contribution in [-0.4, -0.2) is 45.9 Å². The molecular weight excluding hydrogens is 430 g/mol. The number of aromatic nitrogens is 2. The van der Waals surface area contributed by atoms with E-state index in [9.17, 15) is 19.2 Å². The van der Waals surface area contributed by atoms with Gasteiger partial charge in [0.25, 0.3) is 5.56 Å². The minimum absolute atomic E-state index is 0.0501. The first-order valence-corrected chi connectivity index (χ1v) is 11.2. The van der Waals surface area contributed by atoms with Crippen molar-refractivity contribution < 1.29 is 14.4 Å². The predicted octanol–water partition coefficient (Wildman–Crippen LogP) is 1.27. The molecule has 1 aromatic heterocycles. The average molecular weight is 458 g/mol. The highest BCUT2D eigenvalue weighted by atomic mass is 32.2. The van der Waals surface area contributed by atoms with Gasteiger partial charge in [0.2, 0.25) is 5.91 Å². The number of thioether (sulfide) groups is 1. The van der Waals surface area contributed by atoms with Gasteiger partial charge in [0.05, 0.1) is 18.8 Å². The molecular formula is C22H27N5O4S. The topological polar surface area (TPSA) is 136 Å². The summed E-state index contributed by atoms with van der Waals surface area (Å²) in [6.45, 7) is 1.50. The van der Waals surface area contributed by atoms with Crippen molar-refractivity contribution in [1.82, 2.24) is 14.9 Å². The first-order valence-electron chi connectivity index (χ1n) is 10.1. The van der Waals surface area contributed by atoms with E-state index in [0.29, 0.717) is 12.2 Å². The highest BCUT2D eigenvalue weighted by molar-refractivity contribution is 7.99. The third-order valence-corrected chi connectivity index (χ3v) is 5.50. The standard InChI is InChI=1S/C22H27N5O4S/c1-2-19(27-11-10-24-20(22(27)31)25-12-17(28)8-9-23)21(30)26-13-18(29)15-32-14-16-6-4-3-5-7-16/h3-11,19H,2,12-15,23H2,1H3,(H,24,25)(H,26,30). The van der Waals surface area contributed by atoms with Crippen LogP contribution in [0.4, 0.5) is 5.82 Å². The van der Waals surface area contributed by atoms with Crippen molar-refractivity contribution in [3.8, 4) is 0 Å². The Labute approximate surface area is 190 Å². The number of carbonyl (C=O) groups excluding carboxylic acids is 3. The van der Waals surface area contributed by atoms with Crippen LogP contribution >= 0.6 is 11.8 Å². The SMILES string of the molecule is CCC(C(=O)NCC(=O)CSCc1ccccc1)n1ccnc(NCC(=O)C=CN)c1=O. The van der Waals surface area contributed by atoms with Crippen LogP contribution in [0.3, 0.4) is 0 Å². The van der Waals surface area contributed by atoms with Gasteiger partial charge in [-0.1, -0.05) is 37.3 Å². The van der Waals surface area contributed by atoms with Gasteiger partial charge in [0.1, 0.15) is 6.04 Å². The number of carbonyl (C=O) groups is 3. The number of anilines is 1. The number of rotatable bonds is 13. The van der Waals surface area contributed by atoms with Crippen LogP contribution in [-0.2, 0) is 20.1 Å². The monoisotopic (exact) mass is 457 g/mol. The molecule has 10 heteroatoms. The number of nitrogens with zero attached hydrogens (tertiary/aromatic N) is 2. The summed E-state index contributed by atoms with van der Waals surface area (Å²) in [5.74, 6) is 0.0773. The zero-order chi connectivity index (χ0) is 23.3. The van der Waals surface area contributed by atoms with Crippen molar-refractivity contribution in [3.05, 3.63) is 70.9 Å². The van der Waals surface area contributed by atoms with Gasteiger partial charge < -0.3 is 16.4 Å². The van der Waals surface area contributed by atoms with E-state index in [1.165, 1.54) is 34.8 Å². The summed E-state index contributed by atoms with van der Waals surface area (Å²) < 4.78 is 1.24. The molecule has 2 aromatic rings. The van der Waals surface area contributed by atoms with E-state index in [0.717, 1.165) is 11.8 Å². The zero-order valence-corrected chi connectivity index (χ0v) is 18.6. The molecule has 1 unspecified atom stereocenters. The maximum Gasteiger partial charge on any atom is 0.294 e. The summed E-state index contributed by atoms with van der Waals surface area (Å²) in [5.41, 5.74) is 5.76. The molecule has 0 bridgehead atoms. The fourth-order valence-corrected chi connectivity index (χ4v) is 3.71. The molecule has 170 valence electrons. The van der Waals surface area contributed by atoms with E-state index in [1.807, 2.05) is 30.3 Å². The summed E-state index contributed by atoms with van der Waals surface area (Å²) in [6, 6.07) is 9.00. The lowest BCUT2D eigenvalue weighted by Gasteiger charge is -2.18. The number of amides is 1. The van der Waals surface area contributed by atoms with E-state index in [2.05, 4.69) is 15.6 Å². The van der Waals surface area contributed by atoms with Crippen LogP contribution < -0.4 is 21.9 Å². The van der Waals surface area contributed by atoms with Crippen LogP contribution in [0.5, 0.6) is 0 Å². The highest BCUT2D eigenvalue weighted by Crippen LogP contribution is 2.12. The molecule has 0 radical (unpaired) electrons. The Hall–Kier alpha value is -3.40. The van der Waals surface area contributed by atoms with Crippen molar-refractivity contribution >= 4 is 35.1 Å². The number of hydrogen-bond donors (Lipinski definition) is 3. The van der Waals surface area contributed by atoms with Crippen molar-refractivity contribution in [1.29, 1.82) is 0 Å². The Kier molecular flexibility index (Phi) is 10.2. The van der Waals surface area contributed by atoms with E-state index >= 15 is 0 Å². The van der Waals surface area contributed by atoms with Gasteiger partial charge in [-0.3, -0.25) is 23.7 Å². The Balaban J connectivity index is 1.91. The first kappa shape index (κ1) is 24.9. The summed E-state index contributed by atoms with van der Waals surface area (Å²) >= 11 is 1.48. The molecule has 0 saturated carbocycles. The second kappa shape index (κ2) is 13.1. The number of hydrogen-bond acceptors (Lipinski definition) is 8. The molecule has 32 heavy (non-hydrogen) atoms. The van der Waals surface area contributed by atoms with Crippen LogP contribution in [0, 0.1) is 0 Å². The molecule has 1 amide bonds. The molecule has 1 heterocycles. The molecule has 0 aliphatic carbocycles. The van der Waals surface area contributed by atoms with Gasteiger partial charge in [-0.15, -0.1) is 11.8 Å². The summed E-state index contributed by atoms with van der Waals surface area (Å²) in [7, 11) is 0. The number of Topliss-reactive ketones (excluding diaryl/α,β-unsaturated/α-hetero) is 1. The fraction of sp³-hybridized carbons (Fsp3) is 0.318. The van der Waals surface area contributed by atoms with Crippen LogP contribution in [0.25, 0.3) is 0 Å². The Morgan fingerprint density at radius 3 is 2.66 bits per heavy atom. The Bertz CT molecular complexity index is 1010. The third kappa shape index (κ3) is 7.69. The van der Waals surface area contributed by atoms with Crippen molar-refractivity contribution in [3.63, 3.8) is 0 Å². The first-order chi connectivity index (χ1) is 15.5. The molecule has 4 N–H and O–H groups in total. The van der Waals surface area contributed by atoms with Crippen molar-refractivity contribution in [2.75, 3.05) is 24.2 Å². The van der Waals surface area contributed by atoms with Gasteiger partial charge in [-0.2, -0.15) is 0 Å². The van der Waals surface area contributed by atoms with Crippen LogP contribution in [0.15, 0.2) is 59.8 Å². The van der Waals surface area contributed by atoms with E-state index in [4.69, 9.17) is 5.73 Å². The molecule has 0 aliphatic heterocycles. The largest absolute Gasteiger partial charge is 0.404 e. The lowest BCUT2D eigenvalue weighted by Crippen LogP contribution is -2.40. The van der Waals surface area contributed by atoms with Crippen LogP contribution in [0.1, 0.15) is 24.9 Å². The van der Waals surface area contributed by atoms with Crippen LogP contribution in [0.2, 0.25) is 0 Å². The molecule has 0 saturated heterocycles. The smallest absolute Gasteiger partial charge is 0.294 e. The number of nitrogens with one attached hydrogen (secondary N) is 2. The molecule has 0 aliphatic rings. The molecule has 0 spiro atoms. The summed E-state index contributed by atoms with van der Waals surface area (Å²) in [5, 5.41) is 5.27. The van der Waals surface area contributed by atoms with Gasteiger partial charge in [-0.05, 0) is 24.3 Å². The maximum absolute atomic E-state index is 12.7. The molecule has 1 atom stereocenters. The Morgan fingerprint density at radius 2 is 1.97 bits per heavy atom. The molecule has 9 nitrogen and oxygen atoms in total. The number of benzene rings is 1. The van der Waals surface area contributed by atoms with Gasteiger partial charge in [0.15, 0.2) is 17.4 Å². The second-order valence-electron chi connectivity index (χ2n) is 6.83. The quantitative estimate of drug-likeness (QED) is 0.383. The summed E-state index contributed by atoms with van der Waals surface area (Å²) in [6.07, 6.45) is 5.39. The Morgan fingerprint density at radius 1 is 1.22 bits per heavy atom. The molecule has 2 rings (SSSR count). The number of ketones is 2. The lowest BCUT2D eigenvalue weighted by atomic mass is 10.2. The zero-order valence-electron chi connectivity index (χ0n) is 17.8. The minimum Gasteiger partial charge on any atom is -0.404 e. The normalized spacial score (nSPS) is 11.8. The summed E-state index contributed by atoms with van der Waals surface area (Å²) in [4.78, 5) is 53.0.